The van der Waals surface area contributed by atoms with Gasteiger partial charge in [0.05, 0.1) is 12.5 Å². The molecule has 0 radical (unpaired) electrons. The molecule has 2 saturated heterocycles. The number of allylic oxidation sites excluding steroid dienone is 1. The standard InChI is InChI=1S/C20H27ClN4O3S.C6H5Cl.C3H6/c1-29-25-9-7-16(8-10-25)22-18(26)13-24-12-14(5-6-19(24)27)20(28)23-17-4-2-3-15(21)11-17;7-6-4-2-1-3-5-6;1-3-2/h2-4,11,14,16H,5-10,12-13H2,1H3,(H,22,26)(H,23,28);1-5H;3H,1H2,2H3. The van der Waals surface area contributed by atoms with Crippen molar-refractivity contribution in [1.29, 1.82) is 0 Å². The molecule has 3 amide bonds. The number of anilines is 1. The van der Waals surface area contributed by atoms with Crippen LogP contribution in [-0.4, -0.2) is 65.4 Å². The highest BCUT2D eigenvalue weighted by Crippen LogP contribution is 2.21. The molecular formula is C29H38Cl2N4O3S. The fourth-order valence-corrected chi connectivity index (χ4v) is 5.05. The number of carbonyl (C=O) groups is 3. The molecule has 39 heavy (non-hydrogen) atoms. The number of hydrogen-bond acceptors (Lipinski definition) is 5. The Morgan fingerprint density at radius 2 is 1.69 bits per heavy atom. The molecule has 1 unspecified atom stereocenters. The van der Waals surface area contributed by atoms with Crippen molar-refractivity contribution in [1.82, 2.24) is 14.5 Å². The number of benzene rings is 2. The van der Waals surface area contributed by atoms with Crippen molar-refractivity contribution in [2.24, 2.45) is 5.92 Å². The van der Waals surface area contributed by atoms with E-state index in [1.165, 1.54) is 4.90 Å². The zero-order valence-electron chi connectivity index (χ0n) is 22.6. The number of likely N-dealkylation sites (tertiary alicyclic amines) is 1. The lowest BCUT2D eigenvalue weighted by Gasteiger charge is -2.33. The van der Waals surface area contributed by atoms with Gasteiger partial charge in [-0.3, -0.25) is 18.7 Å². The van der Waals surface area contributed by atoms with Crippen LogP contribution in [0.4, 0.5) is 5.69 Å². The van der Waals surface area contributed by atoms with Crippen molar-refractivity contribution >= 4 is 58.6 Å². The molecule has 2 aromatic carbocycles. The van der Waals surface area contributed by atoms with Gasteiger partial charge in [0.2, 0.25) is 17.7 Å². The Morgan fingerprint density at radius 3 is 2.26 bits per heavy atom. The number of piperidine rings is 2. The number of rotatable bonds is 6. The molecule has 7 nitrogen and oxygen atoms in total. The van der Waals surface area contributed by atoms with Crippen molar-refractivity contribution in [2.75, 3.05) is 37.8 Å². The van der Waals surface area contributed by atoms with Gasteiger partial charge in [0.15, 0.2) is 0 Å². The fraction of sp³-hybridized carbons (Fsp3) is 0.414. The molecule has 2 aromatic rings. The average Bonchev–Trinajstić information content (AvgIpc) is 2.91. The quantitative estimate of drug-likeness (QED) is 0.322. The van der Waals surface area contributed by atoms with Crippen LogP contribution in [0.2, 0.25) is 10.0 Å². The highest BCUT2D eigenvalue weighted by atomic mass is 35.5. The minimum absolute atomic E-state index is 0.00250. The number of nitrogens with one attached hydrogen (secondary N) is 2. The van der Waals surface area contributed by atoms with Crippen LogP contribution in [0.5, 0.6) is 0 Å². The smallest absolute Gasteiger partial charge is 0.239 e. The summed E-state index contributed by atoms with van der Waals surface area (Å²) in [5, 5.41) is 7.22. The van der Waals surface area contributed by atoms with Crippen LogP contribution in [0.1, 0.15) is 32.6 Å². The zero-order valence-corrected chi connectivity index (χ0v) is 24.9. The highest BCUT2D eigenvalue weighted by Gasteiger charge is 2.32. The van der Waals surface area contributed by atoms with E-state index in [0.29, 0.717) is 17.1 Å². The van der Waals surface area contributed by atoms with Crippen LogP contribution >= 0.6 is 35.1 Å². The lowest BCUT2D eigenvalue weighted by Crippen LogP contribution is -2.50. The number of carbonyl (C=O) groups excluding carboxylic acids is 3. The topological polar surface area (TPSA) is 81.8 Å². The third-order valence-corrected chi connectivity index (χ3v) is 7.48. The summed E-state index contributed by atoms with van der Waals surface area (Å²) in [6.45, 7) is 7.40. The van der Waals surface area contributed by atoms with E-state index in [-0.39, 0.29) is 49.2 Å². The van der Waals surface area contributed by atoms with Gasteiger partial charge in [-0.15, -0.1) is 6.58 Å². The minimum Gasteiger partial charge on any atom is -0.352 e. The first-order valence-corrected chi connectivity index (χ1v) is 14.9. The molecule has 2 aliphatic rings. The van der Waals surface area contributed by atoms with Crippen molar-refractivity contribution in [2.45, 2.75) is 38.6 Å². The molecule has 2 heterocycles. The van der Waals surface area contributed by atoms with Gasteiger partial charge in [0.25, 0.3) is 0 Å². The summed E-state index contributed by atoms with van der Waals surface area (Å²) < 4.78 is 2.28. The van der Waals surface area contributed by atoms with E-state index in [1.54, 1.807) is 42.3 Å². The first kappa shape index (κ1) is 32.7. The molecule has 0 aliphatic carbocycles. The second-order valence-corrected chi connectivity index (χ2v) is 10.9. The van der Waals surface area contributed by atoms with E-state index in [9.17, 15) is 14.4 Å². The van der Waals surface area contributed by atoms with Gasteiger partial charge >= 0.3 is 0 Å². The van der Waals surface area contributed by atoms with Crippen molar-refractivity contribution < 1.29 is 14.4 Å². The third kappa shape index (κ3) is 12.5. The maximum absolute atomic E-state index is 12.6. The van der Waals surface area contributed by atoms with Crippen LogP contribution in [-0.2, 0) is 14.4 Å². The first-order chi connectivity index (χ1) is 18.7. The van der Waals surface area contributed by atoms with Crippen molar-refractivity contribution in [3.05, 3.63) is 77.3 Å². The Hall–Kier alpha value is -2.52. The maximum Gasteiger partial charge on any atom is 0.239 e. The van der Waals surface area contributed by atoms with Crippen LogP contribution < -0.4 is 10.6 Å². The summed E-state index contributed by atoms with van der Waals surface area (Å²) >= 11 is 13.2. The molecule has 2 fully saturated rings. The Bertz CT molecular complexity index is 1070. The number of hydrogen-bond donors (Lipinski definition) is 2. The maximum atomic E-state index is 12.6. The molecule has 2 N–H and O–H groups in total. The summed E-state index contributed by atoms with van der Waals surface area (Å²) in [5.74, 6) is -0.736. The highest BCUT2D eigenvalue weighted by molar-refractivity contribution is 7.96. The second-order valence-electron chi connectivity index (χ2n) is 9.17. The van der Waals surface area contributed by atoms with Crippen LogP contribution in [0.15, 0.2) is 67.3 Å². The van der Waals surface area contributed by atoms with Gasteiger partial charge in [-0.1, -0.05) is 65.5 Å². The molecule has 10 heteroatoms. The summed E-state index contributed by atoms with van der Waals surface area (Å²) in [5.41, 5.74) is 0.625. The summed E-state index contributed by atoms with van der Waals surface area (Å²) in [6, 6.07) is 16.5. The Labute approximate surface area is 246 Å². The predicted octanol–water partition coefficient (Wildman–Crippen LogP) is 5.91. The minimum atomic E-state index is -0.343. The largest absolute Gasteiger partial charge is 0.352 e. The van der Waals surface area contributed by atoms with E-state index >= 15 is 0 Å². The van der Waals surface area contributed by atoms with Crippen LogP contribution in [0, 0.1) is 5.92 Å². The molecule has 0 bridgehead atoms. The van der Waals surface area contributed by atoms with Gasteiger partial charge in [0, 0.05) is 47.8 Å². The molecular weight excluding hydrogens is 555 g/mol. The van der Waals surface area contributed by atoms with E-state index < -0.39 is 0 Å². The lowest BCUT2D eigenvalue weighted by molar-refractivity contribution is -0.141. The number of nitrogens with zero attached hydrogens (tertiary/aromatic N) is 2. The Kier molecular flexibility index (Phi) is 15.0. The SMILES string of the molecule is C=CC.CSN1CCC(NC(=O)CN2CC(C(=O)Nc3cccc(Cl)c3)CCC2=O)CC1.Clc1ccccc1. The summed E-state index contributed by atoms with van der Waals surface area (Å²) in [7, 11) is 0. The van der Waals surface area contributed by atoms with Gasteiger partial charge in [-0.05, 0) is 62.8 Å². The lowest BCUT2D eigenvalue weighted by atomic mass is 9.96. The van der Waals surface area contributed by atoms with E-state index in [0.717, 1.165) is 31.0 Å². The van der Waals surface area contributed by atoms with Gasteiger partial charge in [-0.2, -0.15) is 0 Å². The molecule has 0 saturated carbocycles. The molecule has 1 atom stereocenters. The molecule has 0 spiro atoms. The normalized spacial score (nSPS) is 17.6. The van der Waals surface area contributed by atoms with E-state index in [4.69, 9.17) is 23.2 Å². The number of amides is 3. The van der Waals surface area contributed by atoms with Crippen LogP contribution in [0.25, 0.3) is 0 Å². The van der Waals surface area contributed by atoms with Crippen molar-refractivity contribution in [3.63, 3.8) is 0 Å². The average molecular weight is 594 g/mol. The Balaban J connectivity index is 0.000000450. The molecule has 2 aliphatic heterocycles. The first-order valence-electron chi connectivity index (χ1n) is 13.0. The predicted molar refractivity (Wildman–Crippen MR) is 163 cm³/mol. The Morgan fingerprint density at radius 1 is 1.05 bits per heavy atom. The van der Waals surface area contributed by atoms with Gasteiger partial charge in [-0.25, -0.2) is 0 Å². The monoisotopic (exact) mass is 592 g/mol. The molecule has 4 rings (SSSR count). The third-order valence-electron chi connectivity index (χ3n) is 6.11. The van der Waals surface area contributed by atoms with Gasteiger partial charge < -0.3 is 15.5 Å². The van der Waals surface area contributed by atoms with Gasteiger partial charge in [0.1, 0.15) is 0 Å². The number of halogens is 2. The summed E-state index contributed by atoms with van der Waals surface area (Å²) in [4.78, 5) is 38.8. The van der Waals surface area contributed by atoms with Crippen LogP contribution in [0.3, 0.4) is 0 Å². The molecule has 212 valence electrons. The van der Waals surface area contributed by atoms with Crippen molar-refractivity contribution in [3.8, 4) is 0 Å². The zero-order chi connectivity index (χ0) is 28.6. The molecule has 0 aromatic heterocycles. The summed E-state index contributed by atoms with van der Waals surface area (Å²) in [6.07, 6.45) is 6.37. The fourth-order valence-electron chi connectivity index (χ4n) is 4.14. The van der Waals surface area contributed by atoms with E-state index in [2.05, 4.69) is 27.8 Å². The second kappa shape index (κ2) is 17.9. The van der Waals surface area contributed by atoms with E-state index in [1.807, 2.05) is 37.3 Å².